The fraction of sp³-hybridized carbons (Fsp3) is 0.775. The molecule has 60 heavy (non-hydrogen) atoms. The van der Waals surface area contributed by atoms with Gasteiger partial charge in [-0.15, -0.1) is 0 Å². The van der Waals surface area contributed by atoms with E-state index in [0.717, 1.165) is 0 Å². The molecule has 0 aliphatic carbocycles. The van der Waals surface area contributed by atoms with Crippen molar-refractivity contribution in [3.63, 3.8) is 0 Å². The van der Waals surface area contributed by atoms with Crippen LogP contribution < -0.4 is 54.0 Å². The zero-order valence-corrected chi connectivity index (χ0v) is 37.0. The van der Waals surface area contributed by atoms with Crippen LogP contribution in [0.5, 0.6) is 0 Å². The number of likely N-dealkylation sites (tertiary alicyclic amines) is 1. The summed E-state index contributed by atoms with van der Waals surface area (Å²) in [7, 11) is 0. The highest BCUT2D eigenvalue weighted by atomic mass is 16.2. The van der Waals surface area contributed by atoms with Crippen molar-refractivity contribution >= 4 is 53.1 Å². The molecular formula is C40H74N12O8. The lowest BCUT2D eigenvalue weighted by Gasteiger charge is -2.27. The number of guanidine groups is 1. The number of ketones is 1. The number of Topliss-reactive ketones (excluding diaryl/α,β-unsaturated/α-hetero) is 1. The van der Waals surface area contributed by atoms with Gasteiger partial charge in [0.25, 0.3) is 0 Å². The number of carbonyl (C=O) groups excluding carboxylic acids is 8. The molecule has 0 aromatic carbocycles. The molecule has 1 fully saturated rings. The first-order chi connectivity index (χ1) is 28.2. The third-order valence-electron chi connectivity index (χ3n) is 9.80. The molecule has 5 atom stereocenters. The number of nitrogens with two attached hydrogens (primary N) is 2. The summed E-state index contributed by atoms with van der Waals surface area (Å²) in [5.41, 5.74) is 11.0. The number of nitrogens with one attached hydrogen (secondary N) is 9. The average molecular weight is 851 g/mol. The highest BCUT2D eigenvalue weighted by molar-refractivity contribution is 5.96. The quantitative estimate of drug-likeness (QED) is 0.0243. The fourth-order valence-corrected chi connectivity index (χ4v) is 6.53. The molecule has 1 rings (SSSR count). The third kappa shape index (κ3) is 20.4. The molecular weight excluding hydrogens is 777 g/mol. The smallest absolute Gasteiger partial charge is 0.243 e. The zero-order valence-electron chi connectivity index (χ0n) is 37.0. The average Bonchev–Trinajstić information content (AvgIpc) is 3.67. The van der Waals surface area contributed by atoms with Crippen molar-refractivity contribution < 1.29 is 38.4 Å². The van der Waals surface area contributed by atoms with E-state index in [0.29, 0.717) is 51.6 Å². The van der Waals surface area contributed by atoms with Crippen LogP contribution in [0.25, 0.3) is 0 Å². The summed E-state index contributed by atoms with van der Waals surface area (Å²) in [4.78, 5) is 107. The Kier molecular flexibility index (Phi) is 24.7. The fourth-order valence-electron chi connectivity index (χ4n) is 6.53. The van der Waals surface area contributed by atoms with Crippen LogP contribution in [-0.2, 0) is 38.4 Å². The first-order valence-corrected chi connectivity index (χ1v) is 21.3. The Hall–Kier alpha value is -4.85. The predicted molar refractivity (Wildman–Crippen MR) is 228 cm³/mol. The zero-order chi connectivity index (χ0) is 45.5. The molecule has 13 N–H and O–H groups in total. The Bertz CT molecular complexity index is 1460. The molecule has 20 heteroatoms. The van der Waals surface area contributed by atoms with Gasteiger partial charge in [-0.05, 0) is 69.7 Å². The summed E-state index contributed by atoms with van der Waals surface area (Å²) in [6, 6.07) is -4.66. The first-order valence-electron chi connectivity index (χ1n) is 21.3. The predicted octanol–water partition coefficient (Wildman–Crippen LogP) is -1.53. The minimum Gasteiger partial charge on any atom is -0.370 e. The minimum absolute atomic E-state index is 0.00400. The lowest BCUT2D eigenvalue weighted by Crippen LogP contribution is -2.58. The SMILES string of the molecule is CC(C)C[C@H](NC(=O)[C@@H]1CCCN1C(=O)CNC(C)C)C(=O)NCC(=O)N[C@H](C(=O)N[C@@H](CCCNC(=N)N)C(=O)NCC(=O)N[C@@H](CCCCN)C(=O)C(C)C)C(C)C. The van der Waals surface area contributed by atoms with Crippen LogP contribution in [0, 0.1) is 23.2 Å². The van der Waals surface area contributed by atoms with Gasteiger partial charge in [0.1, 0.15) is 24.2 Å². The van der Waals surface area contributed by atoms with E-state index in [-0.39, 0.29) is 61.5 Å². The molecule has 0 aromatic heterocycles. The highest BCUT2D eigenvalue weighted by Gasteiger charge is 2.36. The van der Waals surface area contributed by atoms with Crippen molar-refractivity contribution in [3.8, 4) is 0 Å². The molecule has 1 heterocycles. The van der Waals surface area contributed by atoms with Crippen LogP contribution >= 0.6 is 0 Å². The van der Waals surface area contributed by atoms with E-state index in [4.69, 9.17) is 16.9 Å². The summed E-state index contributed by atoms with van der Waals surface area (Å²) < 4.78 is 0. The van der Waals surface area contributed by atoms with Crippen molar-refractivity contribution in [1.29, 1.82) is 5.41 Å². The van der Waals surface area contributed by atoms with E-state index in [1.165, 1.54) is 4.90 Å². The topological polar surface area (TPSA) is 312 Å². The van der Waals surface area contributed by atoms with Crippen LogP contribution in [-0.4, -0.2) is 134 Å². The van der Waals surface area contributed by atoms with Gasteiger partial charge in [-0.3, -0.25) is 43.8 Å². The number of hydrogen-bond acceptors (Lipinski definition) is 11. The number of amides is 7. The standard InChI is InChI=1S/C40H74N12O8/c1-23(2)19-29(50-38(59)30-15-12-18-52(30)33(55)22-45-26(7)8)37(58)47-21-32(54)51-34(24(3)4)39(60)49-28(14-11-17-44-40(42)43)36(57)46-20-31(53)48-27(13-9-10-16-41)35(56)25(5)6/h23-30,34,45H,9-22,41H2,1-8H3,(H,46,57)(H,47,58)(H,48,53)(H,49,60)(H,50,59)(H,51,54)(H4,42,43,44)/t27-,28-,29-,30-,34-/m0/s1. The number of rotatable bonds is 28. The van der Waals surface area contributed by atoms with Crippen molar-refractivity contribution in [2.24, 2.45) is 29.2 Å². The maximum Gasteiger partial charge on any atom is 0.243 e. The second-order valence-electron chi connectivity index (χ2n) is 16.7. The molecule has 0 spiro atoms. The first kappa shape index (κ1) is 53.2. The molecule has 1 aliphatic heterocycles. The Morgan fingerprint density at radius 2 is 1.30 bits per heavy atom. The van der Waals surface area contributed by atoms with Gasteiger partial charge in [0, 0.05) is 25.0 Å². The summed E-state index contributed by atoms with van der Waals surface area (Å²) in [5.74, 6) is -5.14. The molecule has 1 saturated heterocycles. The van der Waals surface area contributed by atoms with Crippen LogP contribution in [0.2, 0.25) is 0 Å². The van der Waals surface area contributed by atoms with E-state index in [1.54, 1.807) is 27.7 Å². The Morgan fingerprint density at radius 3 is 1.85 bits per heavy atom. The van der Waals surface area contributed by atoms with Gasteiger partial charge in [-0.2, -0.15) is 0 Å². The van der Waals surface area contributed by atoms with E-state index in [1.807, 2.05) is 27.7 Å². The summed E-state index contributed by atoms with van der Waals surface area (Å²) in [6.07, 6.45) is 3.45. The van der Waals surface area contributed by atoms with E-state index in [2.05, 4.69) is 42.5 Å². The molecule has 20 nitrogen and oxygen atoms in total. The van der Waals surface area contributed by atoms with E-state index >= 15 is 0 Å². The van der Waals surface area contributed by atoms with Gasteiger partial charge in [0.15, 0.2) is 11.7 Å². The lowest BCUT2D eigenvalue weighted by atomic mass is 9.97. The number of nitrogens with zero attached hydrogens (tertiary/aromatic N) is 1. The van der Waals surface area contributed by atoms with E-state index < -0.39 is 84.7 Å². The van der Waals surface area contributed by atoms with Crippen LogP contribution in [0.3, 0.4) is 0 Å². The lowest BCUT2D eigenvalue weighted by molar-refractivity contribution is -0.139. The third-order valence-corrected chi connectivity index (χ3v) is 9.80. The Morgan fingerprint density at radius 1 is 0.700 bits per heavy atom. The van der Waals surface area contributed by atoms with Gasteiger partial charge in [-0.1, -0.05) is 55.4 Å². The summed E-state index contributed by atoms with van der Waals surface area (Å²) >= 11 is 0. The van der Waals surface area contributed by atoms with Gasteiger partial charge in [0.2, 0.25) is 41.4 Å². The maximum absolute atomic E-state index is 13.6. The number of hydrogen-bond donors (Lipinski definition) is 11. The summed E-state index contributed by atoms with van der Waals surface area (Å²) in [6.45, 7) is 14.6. The normalized spacial score (nSPS) is 15.8. The second-order valence-corrected chi connectivity index (χ2v) is 16.7. The van der Waals surface area contributed by atoms with Crippen molar-refractivity contribution in [2.75, 3.05) is 39.3 Å². The van der Waals surface area contributed by atoms with Gasteiger partial charge < -0.3 is 58.9 Å². The van der Waals surface area contributed by atoms with Crippen LogP contribution in [0.1, 0.15) is 107 Å². The molecule has 342 valence electrons. The molecule has 0 saturated carbocycles. The minimum atomic E-state index is -1.16. The molecule has 1 aliphatic rings. The van der Waals surface area contributed by atoms with Crippen molar-refractivity contribution in [2.45, 2.75) is 143 Å². The van der Waals surface area contributed by atoms with Crippen molar-refractivity contribution in [1.82, 2.24) is 47.4 Å². The number of unbranched alkanes of at least 4 members (excludes halogenated alkanes) is 1. The Labute approximate surface area is 355 Å². The van der Waals surface area contributed by atoms with Gasteiger partial charge >= 0.3 is 0 Å². The van der Waals surface area contributed by atoms with Crippen LogP contribution in [0.4, 0.5) is 0 Å². The monoisotopic (exact) mass is 851 g/mol. The molecule has 0 aromatic rings. The number of carbonyl (C=O) groups is 8. The van der Waals surface area contributed by atoms with Gasteiger partial charge in [-0.25, -0.2) is 0 Å². The molecule has 0 bridgehead atoms. The molecule has 0 unspecified atom stereocenters. The highest BCUT2D eigenvalue weighted by Crippen LogP contribution is 2.18. The Balaban J connectivity index is 2.98. The molecule has 7 amide bonds. The maximum atomic E-state index is 13.6. The van der Waals surface area contributed by atoms with Gasteiger partial charge in [0.05, 0.1) is 25.7 Å². The summed E-state index contributed by atoms with van der Waals surface area (Å²) in [5, 5.41) is 28.9. The van der Waals surface area contributed by atoms with Crippen molar-refractivity contribution in [3.05, 3.63) is 0 Å². The van der Waals surface area contributed by atoms with E-state index in [9.17, 15) is 38.4 Å². The van der Waals surface area contributed by atoms with Crippen LogP contribution in [0.15, 0.2) is 0 Å². The largest absolute Gasteiger partial charge is 0.370 e. The molecule has 0 radical (unpaired) electrons. The second kappa shape index (κ2) is 27.8.